The molecule has 2 rings (SSSR count). The first-order valence-corrected chi connectivity index (χ1v) is 8.04. The van der Waals surface area contributed by atoms with Crippen molar-refractivity contribution in [2.45, 2.75) is 45.4 Å². The van der Waals surface area contributed by atoms with Gasteiger partial charge in [0.15, 0.2) is 0 Å². The number of carbonyl (C=O) groups is 1. The van der Waals surface area contributed by atoms with Crippen LogP contribution in [0.1, 0.15) is 32.8 Å². The predicted molar refractivity (Wildman–Crippen MR) is 106 cm³/mol. The summed E-state index contributed by atoms with van der Waals surface area (Å²) in [6.45, 7) is 6.98. The zero-order valence-electron chi connectivity index (χ0n) is 15.5. The van der Waals surface area contributed by atoms with E-state index in [0.717, 1.165) is 11.4 Å². The molecule has 144 valence electrons. The Hall–Kier alpha value is -1.08. The second kappa shape index (κ2) is 9.03. The Kier molecular flexibility index (Phi) is 8.64. The van der Waals surface area contributed by atoms with Gasteiger partial charge >= 0.3 is 0 Å². The molecule has 3 N–H and O–H groups in total. The highest BCUT2D eigenvalue weighted by Gasteiger charge is 2.62. The number of nitrogens with zero attached hydrogens (tertiary/aromatic N) is 2. The molecule has 2 unspecified atom stereocenters. The van der Waals surface area contributed by atoms with E-state index in [4.69, 9.17) is 10.5 Å². The molecule has 8 heteroatoms. The standard InChI is InChI=1S/C17H28N4O2.2ClH/c1-6-23-13-10-17(18,16(13,2)3)15(22)20-11-12-8-7-9-19-14(12)21(4)5;;/h7-9,13H,6,10-11,18H2,1-5H3,(H,20,22);2*1H. The van der Waals surface area contributed by atoms with E-state index in [1.165, 1.54) is 0 Å². The number of pyridine rings is 1. The summed E-state index contributed by atoms with van der Waals surface area (Å²) in [6, 6.07) is 3.83. The van der Waals surface area contributed by atoms with Crippen molar-refractivity contribution in [1.82, 2.24) is 10.3 Å². The summed E-state index contributed by atoms with van der Waals surface area (Å²) in [6.07, 6.45) is 2.32. The monoisotopic (exact) mass is 392 g/mol. The van der Waals surface area contributed by atoms with Gasteiger partial charge in [-0.3, -0.25) is 4.79 Å². The van der Waals surface area contributed by atoms with Gasteiger partial charge in [0.25, 0.3) is 0 Å². The summed E-state index contributed by atoms with van der Waals surface area (Å²) in [4.78, 5) is 18.9. The minimum atomic E-state index is -0.896. The number of hydrogen-bond acceptors (Lipinski definition) is 5. The van der Waals surface area contributed by atoms with Crippen LogP contribution in [0.3, 0.4) is 0 Å². The van der Waals surface area contributed by atoms with Gasteiger partial charge in [-0.05, 0) is 13.0 Å². The summed E-state index contributed by atoms with van der Waals surface area (Å²) in [5.41, 5.74) is 6.08. The Balaban J connectivity index is 0.00000288. The van der Waals surface area contributed by atoms with E-state index in [2.05, 4.69) is 10.3 Å². The van der Waals surface area contributed by atoms with E-state index in [9.17, 15) is 4.79 Å². The van der Waals surface area contributed by atoms with Crippen LogP contribution < -0.4 is 16.0 Å². The van der Waals surface area contributed by atoms with Gasteiger partial charge in [0.05, 0.1) is 6.10 Å². The molecule has 2 atom stereocenters. The lowest BCUT2D eigenvalue weighted by Gasteiger charge is -2.57. The Morgan fingerprint density at radius 2 is 2.08 bits per heavy atom. The van der Waals surface area contributed by atoms with Gasteiger partial charge in [-0.2, -0.15) is 0 Å². The number of ether oxygens (including phenoxy) is 1. The number of nitrogens with two attached hydrogens (primary N) is 1. The zero-order valence-corrected chi connectivity index (χ0v) is 17.2. The van der Waals surface area contributed by atoms with Crippen LogP contribution in [-0.4, -0.2) is 43.2 Å². The molecular formula is C17H30Cl2N4O2. The number of carbonyl (C=O) groups excluding carboxylic acids is 1. The molecule has 6 nitrogen and oxygen atoms in total. The first-order valence-electron chi connectivity index (χ1n) is 8.04. The smallest absolute Gasteiger partial charge is 0.241 e. The fourth-order valence-electron chi connectivity index (χ4n) is 3.12. The van der Waals surface area contributed by atoms with Crippen molar-refractivity contribution in [1.29, 1.82) is 0 Å². The molecular weight excluding hydrogens is 363 g/mol. The van der Waals surface area contributed by atoms with Gasteiger partial charge in [-0.1, -0.05) is 19.9 Å². The molecule has 25 heavy (non-hydrogen) atoms. The molecule has 0 aromatic carbocycles. The normalized spacial score (nSPS) is 23.5. The average molecular weight is 393 g/mol. The second-order valence-electron chi connectivity index (χ2n) is 6.90. The largest absolute Gasteiger partial charge is 0.378 e. The molecule has 0 aliphatic heterocycles. The van der Waals surface area contributed by atoms with Crippen LogP contribution in [0.15, 0.2) is 18.3 Å². The fraction of sp³-hybridized carbons (Fsp3) is 0.647. The first-order chi connectivity index (χ1) is 10.7. The van der Waals surface area contributed by atoms with Gasteiger partial charge in [-0.25, -0.2) is 4.98 Å². The third kappa shape index (κ3) is 4.37. The Labute approximate surface area is 162 Å². The van der Waals surface area contributed by atoms with Crippen molar-refractivity contribution >= 4 is 36.5 Å². The summed E-state index contributed by atoms with van der Waals surface area (Å²) in [7, 11) is 3.86. The van der Waals surface area contributed by atoms with Crippen LogP contribution in [0.4, 0.5) is 5.82 Å². The van der Waals surface area contributed by atoms with Crippen molar-refractivity contribution in [2.75, 3.05) is 25.6 Å². The molecule has 1 aliphatic carbocycles. The number of amides is 1. The Morgan fingerprint density at radius 1 is 1.44 bits per heavy atom. The van der Waals surface area contributed by atoms with Crippen molar-refractivity contribution in [3.63, 3.8) is 0 Å². The van der Waals surface area contributed by atoms with Crippen molar-refractivity contribution in [2.24, 2.45) is 11.1 Å². The lowest BCUT2D eigenvalue weighted by Crippen LogP contribution is -2.75. The quantitative estimate of drug-likeness (QED) is 0.774. The highest BCUT2D eigenvalue weighted by Crippen LogP contribution is 2.49. The molecule has 0 saturated heterocycles. The Bertz CT molecular complexity index is 584. The maximum atomic E-state index is 12.6. The minimum absolute atomic E-state index is 0. The Morgan fingerprint density at radius 3 is 2.60 bits per heavy atom. The number of hydrogen-bond donors (Lipinski definition) is 2. The first kappa shape index (κ1) is 23.9. The van der Waals surface area contributed by atoms with E-state index in [1.54, 1.807) is 6.20 Å². The fourth-order valence-corrected chi connectivity index (χ4v) is 3.12. The van der Waals surface area contributed by atoms with Crippen molar-refractivity contribution in [3.05, 3.63) is 23.9 Å². The lowest BCUT2D eigenvalue weighted by atomic mass is 9.54. The van der Waals surface area contributed by atoms with E-state index in [0.29, 0.717) is 19.6 Å². The third-order valence-electron chi connectivity index (χ3n) is 4.97. The highest BCUT2D eigenvalue weighted by molar-refractivity contribution is 5.88. The van der Waals surface area contributed by atoms with Crippen LogP contribution in [0.25, 0.3) is 0 Å². The molecule has 0 spiro atoms. The maximum absolute atomic E-state index is 12.6. The van der Waals surface area contributed by atoms with Gasteiger partial charge in [-0.15, -0.1) is 24.8 Å². The van der Waals surface area contributed by atoms with E-state index < -0.39 is 5.54 Å². The topological polar surface area (TPSA) is 80.5 Å². The molecule has 1 amide bonds. The lowest BCUT2D eigenvalue weighted by molar-refractivity contribution is -0.170. The van der Waals surface area contributed by atoms with Gasteiger partial charge in [0, 0.05) is 50.8 Å². The van der Waals surface area contributed by atoms with Crippen LogP contribution in [0.5, 0.6) is 0 Å². The zero-order chi connectivity index (χ0) is 17.3. The number of halogens is 2. The average Bonchev–Trinajstić information content (AvgIpc) is 2.52. The molecule has 1 heterocycles. The summed E-state index contributed by atoms with van der Waals surface area (Å²) in [5.74, 6) is 0.714. The molecule has 1 aliphatic rings. The third-order valence-corrected chi connectivity index (χ3v) is 4.97. The summed E-state index contributed by atoms with van der Waals surface area (Å²) in [5, 5.41) is 2.97. The van der Waals surface area contributed by atoms with Gasteiger partial charge in [0.1, 0.15) is 11.4 Å². The molecule has 1 aromatic heterocycles. The number of anilines is 1. The SMILES string of the molecule is CCOC1CC(N)(C(=O)NCc2cccnc2N(C)C)C1(C)C.Cl.Cl. The number of rotatable bonds is 6. The van der Waals surface area contributed by atoms with Crippen LogP contribution in [0, 0.1) is 5.41 Å². The predicted octanol–water partition coefficient (Wildman–Crippen LogP) is 2.14. The van der Waals surface area contributed by atoms with Crippen LogP contribution in [-0.2, 0) is 16.1 Å². The van der Waals surface area contributed by atoms with Crippen molar-refractivity contribution < 1.29 is 9.53 Å². The van der Waals surface area contributed by atoms with Gasteiger partial charge in [0.2, 0.25) is 5.91 Å². The minimum Gasteiger partial charge on any atom is -0.378 e. The molecule has 1 fully saturated rings. The van der Waals surface area contributed by atoms with E-state index in [-0.39, 0.29) is 42.2 Å². The summed E-state index contributed by atoms with van der Waals surface area (Å²) < 4.78 is 5.68. The summed E-state index contributed by atoms with van der Waals surface area (Å²) >= 11 is 0. The number of nitrogens with one attached hydrogen (secondary N) is 1. The van der Waals surface area contributed by atoms with E-state index in [1.807, 2.05) is 51.9 Å². The number of aromatic nitrogens is 1. The van der Waals surface area contributed by atoms with E-state index >= 15 is 0 Å². The molecule has 0 bridgehead atoms. The molecule has 1 saturated carbocycles. The molecule has 0 radical (unpaired) electrons. The van der Waals surface area contributed by atoms with Gasteiger partial charge < -0.3 is 20.7 Å². The van der Waals surface area contributed by atoms with Crippen LogP contribution in [0.2, 0.25) is 0 Å². The second-order valence-corrected chi connectivity index (χ2v) is 6.90. The maximum Gasteiger partial charge on any atom is 0.241 e. The van der Waals surface area contributed by atoms with Crippen molar-refractivity contribution in [3.8, 4) is 0 Å². The highest BCUT2D eigenvalue weighted by atomic mass is 35.5. The van der Waals surface area contributed by atoms with Crippen LogP contribution >= 0.6 is 24.8 Å². The molecule has 1 aromatic rings.